The van der Waals surface area contributed by atoms with Crippen molar-refractivity contribution in [3.63, 3.8) is 0 Å². The molecular formula is C12H8BBrCl2N7S. The Hall–Kier alpha value is -1.49. The van der Waals surface area contributed by atoms with Crippen molar-refractivity contribution in [2.75, 3.05) is 0 Å². The fourth-order valence-corrected chi connectivity index (χ4v) is 2.77. The van der Waals surface area contributed by atoms with Gasteiger partial charge < -0.3 is 9.97 Å². The van der Waals surface area contributed by atoms with Crippen molar-refractivity contribution in [1.29, 1.82) is 0 Å². The van der Waals surface area contributed by atoms with Gasteiger partial charge >= 0.3 is 24.8 Å². The summed E-state index contributed by atoms with van der Waals surface area (Å²) >= 11 is 18.0. The van der Waals surface area contributed by atoms with E-state index in [1.165, 1.54) is 12.7 Å². The third kappa shape index (κ3) is 4.53. The zero-order chi connectivity index (χ0) is 17.5. The van der Waals surface area contributed by atoms with Gasteiger partial charge in [0, 0.05) is 16.9 Å². The fourth-order valence-electron chi connectivity index (χ4n) is 1.73. The van der Waals surface area contributed by atoms with Crippen LogP contribution in [0, 0.1) is 0 Å². The third-order valence-electron chi connectivity index (χ3n) is 2.68. The zero-order valence-electron chi connectivity index (χ0n) is 11.8. The number of thiol groups is 1. The summed E-state index contributed by atoms with van der Waals surface area (Å²) in [5.74, 6) is 0. The Kier molecular flexibility index (Phi) is 7.16. The molecule has 2 N–H and O–H groups in total. The number of hydrogen-bond acceptors (Lipinski definition) is 6. The summed E-state index contributed by atoms with van der Waals surface area (Å²) in [6.45, 7) is 0. The number of nitrogens with zero attached hydrogens (tertiary/aromatic N) is 5. The summed E-state index contributed by atoms with van der Waals surface area (Å²) < 4.78 is 3.58. The summed E-state index contributed by atoms with van der Waals surface area (Å²) in [5.41, 5.74) is 1.52. The minimum atomic E-state index is 0.461. The summed E-state index contributed by atoms with van der Waals surface area (Å²) in [6, 6.07) is 1.84. The van der Waals surface area contributed by atoms with Crippen LogP contribution in [-0.4, -0.2) is 37.5 Å². The van der Waals surface area contributed by atoms with Crippen LogP contribution in [0.1, 0.15) is 0 Å². The van der Waals surface area contributed by atoms with Crippen molar-refractivity contribution in [2.45, 2.75) is 0 Å². The third-order valence-corrected chi connectivity index (χ3v) is 3.89. The molecule has 0 aliphatic rings. The van der Waals surface area contributed by atoms with Crippen LogP contribution in [0.5, 0.6) is 0 Å². The number of rotatable bonds is 0. The molecule has 4 rings (SSSR count). The second-order valence-corrected chi connectivity index (χ2v) is 5.85. The molecule has 0 aliphatic heterocycles. The zero-order valence-corrected chi connectivity index (χ0v) is 15.8. The molecule has 0 atom stereocenters. The summed E-state index contributed by atoms with van der Waals surface area (Å²) in [5, 5.41) is 2.65. The van der Waals surface area contributed by atoms with Crippen LogP contribution >= 0.6 is 51.9 Å². The first-order valence-electron chi connectivity index (χ1n) is 6.19. The number of nitrogens with one attached hydrogen (secondary N) is 2. The quantitative estimate of drug-likeness (QED) is 0.216. The Morgan fingerprint density at radius 1 is 1.04 bits per heavy atom. The average Bonchev–Trinajstić information content (AvgIpc) is 3.17. The molecule has 0 saturated heterocycles. The van der Waals surface area contributed by atoms with Crippen molar-refractivity contribution in [1.82, 2.24) is 29.9 Å². The Morgan fingerprint density at radius 2 is 1.67 bits per heavy atom. The minimum absolute atomic E-state index is 0.461. The molecule has 1 radical (unpaired) electrons. The standard InChI is InChI=1S/C6H3BrClN3.C6H4ClN3.BHNS/c7-3-1-9-6-4(3)5(8)10-2-11-6;7-5-4-1-2-8-6(4)10-3-9-5;1-2-3/h1-2H,(H,9,10,11);1-3H,(H,8,9,10);3H. The van der Waals surface area contributed by atoms with Crippen molar-refractivity contribution in [3.8, 4) is 0 Å². The molecule has 4 aromatic heterocycles. The van der Waals surface area contributed by atoms with E-state index in [1.807, 2.05) is 6.07 Å². The van der Waals surface area contributed by atoms with Crippen LogP contribution in [0.15, 0.2) is 39.9 Å². The van der Waals surface area contributed by atoms with Crippen molar-refractivity contribution in [3.05, 3.63) is 45.9 Å². The number of aromatic nitrogens is 6. The van der Waals surface area contributed by atoms with E-state index in [0.717, 1.165) is 26.5 Å². The van der Waals surface area contributed by atoms with Gasteiger partial charge in [-0.05, 0) is 22.0 Å². The topological polar surface area (TPSA) is 95.5 Å². The van der Waals surface area contributed by atoms with E-state index in [-0.39, 0.29) is 0 Å². The van der Waals surface area contributed by atoms with Gasteiger partial charge in [-0.2, -0.15) is 0 Å². The maximum absolute atomic E-state index is 5.80. The molecule has 0 amide bonds. The molecule has 0 aromatic carbocycles. The molecule has 0 unspecified atom stereocenters. The molecule has 0 fully saturated rings. The first kappa shape index (κ1) is 18.8. The molecule has 0 spiro atoms. The molecule has 24 heavy (non-hydrogen) atoms. The second kappa shape index (κ2) is 9.12. The molecule has 0 bridgehead atoms. The molecule has 4 aromatic rings. The maximum atomic E-state index is 5.80. The molecular weight excluding hydrogens is 436 g/mol. The van der Waals surface area contributed by atoms with Gasteiger partial charge in [-0.1, -0.05) is 23.2 Å². The Balaban J connectivity index is 0.000000150. The van der Waals surface area contributed by atoms with E-state index in [0.29, 0.717) is 10.3 Å². The van der Waals surface area contributed by atoms with Crippen molar-refractivity contribution < 1.29 is 0 Å². The number of H-pyrrole nitrogens is 2. The number of fused-ring (bicyclic) bond motifs is 2. The van der Waals surface area contributed by atoms with Crippen LogP contribution in [0.2, 0.25) is 10.3 Å². The summed E-state index contributed by atoms with van der Waals surface area (Å²) in [7, 11) is 4.34. The van der Waals surface area contributed by atoms with Crippen molar-refractivity contribution in [2.24, 2.45) is 4.30 Å². The van der Waals surface area contributed by atoms with Crippen LogP contribution < -0.4 is 0 Å². The van der Waals surface area contributed by atoms with Gasteiger partial charge in [-0.15, -0.1) is 0 Å². The number of hydrogen-bond donors (Lipinski definition) is 3. The average molecular weight is 444 g/mol. The van der Waals surface area contributed by atoms with E-state index in [9.17, 15) is 0 Å². The molecule has 0 saturated carbocycles. The van der Waals surface area contributed by atoms with Crippen LogP contribution in [0.3, 0.4) is 0 Å². The van der Waals surface area contributed by atoms with Gasteiger partial charge in [0.25, 0.3) is 0 Å². The summed E-state index contributed by atoms with van der Waals surface area (Å²) in [4.78, 5) is 21.5. The molecule has 7 nitrogen and oxygen atoms in total. The van der Waals surface area contributed by atoms with E-state index < -0.39 is 0 Å². The Labute approximate surface area is 161 Å². The predicted molar refractivity (Wildman–Crippen MR) is 103 cm³/mol. The normalized spacial score (nSPS) is 9.79. The summed E-state index contributed by atoms with van der Waals surface area (Å²) in [6.07, 6.45) is 6.42. The molecule has 0 aliphatic carbocycles. The number of aromatic amines is 2. The van der Waals surface area contributed by atoms with E-state index >= 15 is 0 Å². The Morgan fingerprint density at radius 3 is 2.29 bits per heavy atom. The molecule has 12 heteroatoms. The number of halogens is 3. The van der Waals surface area contributed by atoms with Gasteiger partial charge in [0.2, 0.25) is 0 Å². The first-order chi connectivity index (χ1) is 11.6. The Bertz CT molecular complexity index is 961. The van der Waals surface area contributed by atoms with Gasteiger partial charge in [0.05, 0.1) is 10.8 Å². The SMILES string of the molecule is Clc1ncnc2[nH]cc(Br)c12.Clc1ncnc2[nH]ccc12.[B]=NS. The monoisotopic (exact) mass is 442 g/mol. The van der Waals surface area contributed by atoms with E-state index in [1.54, 1.807) is 12.4 Å². The predicted octanol–water partition coefficient (Wildman–Crippen LogP) is 4.17. The van der Waals surface area contributed by atoms with Gasteiger partial charge in [0.15, 0.2) is 0 Å². The fraction of sp³-hybridized carbons (Fsp3) is 0. The van der Waals surface area contributed by atoms with Gasteiger partial charge in [-0.25, -0.2) is 19.9 Å². The van der Waals surface area contributed by atoms with Crippen LogP contribution in [-0.2, 0) is 0 Å². The van der Waals surface area contributed by atoms with Gasteiger partial charge in [-0.3, -0.25) is 0 Å². The van der Waals surface area contributed by atoms with Crippen LogP contribution in [0.25, 0.3) is 22.1 Å². The first-order valence-corrected chi connectivity index (χ1v) is 8.14. The second-order valence-electron chi connectivity index (χ2n) is 4.04. The molecule has 4 heterocycles. The van der Waals surface area contributed by atoms with Crippen molar-refractivity contribution >= 4 is 81.7 Å². The van der Waals surface area contributed by atoms with E-state index in [2.05, 4.69) is 70.6 Å². The van der Waals surface area contributed by atoms with E-state index in [4.69, 9.17) is 23.2 Å². The van der Waals surface area contributed by atoms with Gasteiger partial charge in [0.1, 0.15) is 34.3 Å². The molecule has 121 valence electrons. The van der Waals surface area contributed by atoms with Crippen LogP contribution in [0.4, 0.5) is 0 Å².